The van der Waals surface area contributed by atoms with E-state index in [0.29, 0.717) is 0 Å². The maximum atomic E-state index is 4.94. The first kappa shape index (κ1) is 37.7. The number of nitrogens with zero attached hydrogens (tertiary/aromatic N) is 4. The van der Waals surface area contributed by atoms with Crippen molar-refractivity contribution in [3.63, 3.8) is 0 Å². The molecule has 0 aliphatic carbocycles. The van der Waals surface area contributed by atoms with Crippen LogP contribution in [-0.4, -0.2) is 11.4 Å². The first-order chi connectivity index (χ1) is 27.7. The first-order valence-electron chi connectivity index (χ1n) is 18.4. The van der Waals surface area contributed by atoms with E-state index in [4.69, 9.17) is 20.0 Å². The summed E-state index contributed by atoms with van der Waals surface area (Å²) in [6.07, 6.45) is 20.6. The maximum absolute atomic E-state index is 4.94. The number of thiophene rings is 2. The average Bonchev–Trinajstić information content (AvgIpc) is 4.12. The Labute approximate surface area is 352 Å². The molecule has 2 aliphatic heterocycles. The molecule has 0 saturated heterocycles. The van der Waals surface area contributed by atoms with E-state index in [-0.39, 0.29) is 19.5 Å². The summed E-state index contributed by atoms with van der Waals surface area (Å²) in [6.45, 7) is 0. The van der Waals surface area contributed by atoms with Crippen LogP contribution in [0.3, 0.4) is 0 Å². The van der Waals surface area contributed by atoms with E-state index in [2.05, 4.69) is 144 Å². The van der Waals surface area contributed by atoms with Crippen molar-refractivity contribution in [2.75, 3.05) is 0 Å². The zero-order valence-electron chi connectivity index (χ0n) is 30.9. The summed E-state index contributed by atoms with van der Waals surface area (Å²) in [6, 6.07) is 45.7. The molecule has 270 valence electrons. The summed E-state index contributed by atoms with van der Waals surface area (Å²) < 4.78 is 0. The van der Waals surface area contributed by atoms with Crippen molar-refractivity contribution in [1.82, 2.24) is 9.97 Å². The Morgan fingerprint density at radius 1 is 0.404 bits per heavy atom. The summed E-state index contributed by atoms with van der Waals surface area (Å²) in [5, 5.41) is 8.80. The van der Waals surface area contributed by atoms with Gasteiger partial charge in [-0.2, -0.15) is 0 Å². The minimum Gasteiger partial charge on any atom is -0.656 e. The van der Waals surface area contributed by atoms with Gasteiger partial charge in [0.1, 0.15) is 0 Å². The SMILES string of the molecule is C1=C/C(=C/c2[n-]c(-c3ccccc3)c3ccccc23)N=C1/C=C/c1cccs1.C1=C/C(=C/c2[n-]c(-c3ccccc3)c3ccccc23)N=C1/C=C/c1cccs1.[Zn]. The Bertz CT molecular complexity index is 2680. The molecular formula is C50H34N4S2Zn-2. The quantitative estimate of drug-likeness (QED) is 0.143. The Hall–Kier alpha value is -6.24. The monoisotopic (exact) mass is 818 g/mol. The Kier molecular flexibility index (Phi) is 11.7. The van der Waals surface area contributed by atoms with Crippen LogP contribution in [0.25, 0.3) is 68.4 Å². The van der Waals surface area contributed by atoms with Gasteiger partial charge >= 0.3 is 0 Å². The van der Waals surface area contributed by atoms with Gasteiger partial charge in [-0.25, -0.2) is 9.98 Å². The molecule has 0 unspecified atom stereocenters. The summed E-state index contributed by atoms with van der Waals surface area (Å²) in [5.41, 5.74) is 9.99. The fourth-order valence-electron chi connectivity index (χ4n) is 6.68. The van der Waals surface area contributed by atoms with E-state index in [1.807, 2.05) is 60.7 Å². The van der Waals surface area contributed by atoms with Crippen molar-refractivity contribution < 1.29 is 19.5 Å². The van der Waals surface area contributed by atoms with Crippen LogP contribution in [0.5, 0.6) is 0 Å². The second-order valence-electron chi connectivity index (χ2n) is 13.1. The van der Waals surface area contributed by atoms with Gasteiger partial charge in [-0.15, -0.1) is 45.4 Å². The minimum absolute atomic E-state index is 0. The van der Waals surface area contributed by atoms with E-state index < -0.39 is 0 Å². The number of hydrogen-bond acceptors (Lipinski definition) is 4. The number of allylic oxidation sites excluding steroid dienone is 6. The number of aromatic nitrogens is 2. The summed E-state index contributed by atoms with van der Waals surface area (Å²) in [4.78, 5) is 21.8. The number of hydrogen-bond donors (Lipinski definition) is 0. The van der Waals surface area contributed by atoms with Crippen molar-refractivity contribution in [2.45, 2.75) is 0 Å². The van der Waals surface area contributed by atoms with Crippen LogP contribution < -0.4 is 9.97 Å². The molecule has 4 aromatic carbocycles. The van der Waals surface area contributed by atoms with Gasteiger partial charge in [0, 0.05) is 29.2 Å². The maximum Gasteiger partial charge on any atom is 0.0638 e. The minimum atomic E-state index is 0. The van der Waals surface area contributed by atoms with Crippen molar-refractivity contribution >= 4 is 79.9 Å². The van der Waals surface area contributed by atoms with Gasteiger partial charge in [0.15, 0.2) is 0 Å². The smallest absolute Gasteiger partial charge is 0.0638 e. The molecule has 0 spiro atoms. The molecule has 10 rings (SSSR count). The van der Waals surface area contributed by atoms with Crippen molar-refractivity contribution in [2.24, 2.45) is 9.98 Å². The summed E-state index contributed by atoms with van der Waals surface area (Å²) >= 11 is 3.44. The van der Waals surface area contributed by atoms with Gasteiger partial charge in [0.05, 0.1) is 22.8 Å². The van der Waals surface area contributed by atoms with Crippen LogP contribution in [-0.2, 0) is 19.5 Å². The molecule has 0 radical (unpaired) electrons. The zero-order chi connectivity index (χ0) is 37.5. The first-order valence-corrected chi connectivity index (χ1v) is 20.1. The third-order valence-electron chi connectivity index (χ3n) is 9.33. The molecule has 6 heterocycles. The van der Waals surface area contributed by atoms with E-state index in [0.717, 1.165) is 67.5 Å². The fraction of sp³-hybridized carbons (Fsp3) is 0. The van der Waals surface area contributed by atoms with E-state index in [1.165, 1.54) is 20.5 Å². The van der Waals surface area contributed by atoms with Crippen LogP contribution in [0.1, 0.15) is 21.1 Å². The van der Waals surface area contributed by atoms with Crippen LogP contribution in [0.2, 0.25) is 0 Å². The van der Waals surface area contributed by atoms with Crippen molar-refractivity contribution in [1.29, 1.82) is 0 Å². The van der Waals surface area contributed by atoms with E-state index in [1.54, 1.807) is 22.7 Å². The summed E-state index contributed by atoms with van der Waals surface area (Å²) in [7, 11) is 0. The van der Waals surface area contributed by atoms with E-state index >= 15 is 0 Å². The van der Waals surface area contributed by atoms with Crippen LogP contribution in [0.4, 0.5) is 0 Å². The van der Waals surface area contributed by atoms with Crippen molar-refractivity contribution in [3.8, 4) is 22.5 Å². The second kappa shape index (κ2) is 17.7. The van der Waals surface area contributed by atoms with Crippen molar-refractivity contribution in [3.05, 3.63) is 213 Å². The van der Waals surface area contributed by atoms with Gasteiger partial charge in [0.25, 0.3) is 0 Å². The fourth-order valence-corrected chi connectivity index (χ4v) is 7.92. The molecule has 2 aliphatic rings. The number of rotatable bonds is 8. The molecule has 0 amide bonds. The molecule has 0 atom stereocenters. The standard InChI is InChI=1S/2C25H17N2S.Zn/c2*1-2-7-18(8-3-1)25-23-11-5-4-10-22(23)24(27-25)17-20-13-12-19(26-20)14-15-21-9-6-16-28-21;/h2*1-17H;/q2*-1;/b2*15-14+,20-17-;. The van der Waals surface area contributed by atoms with Gasteiger partial charge in [-0.05, 0) is 104 Å². The van der Waals surface area contributed by atoms with Gasteiger partial charge in [0.2, 0.25) is 0 Å². The zero-order valence-corrected chi connectivity index (χ0v) is 35.5. The predicted octanol–water partition coefficient (Wildman–Crippen LogP) is 13.2. The van der Waals surface area contributed by atoms with Gasteiger partial charge in [-0.3, -0.25) is 0 Å². The molecule has 0 N–H and O–H groups in total. The number of aliphatic imine (C=N–C) groups is 2. The molecule has 4 aromatic heterocycles. The van der Waals surface area contributed by atoms with Crippen LogP contribution in [0.15, 0.2) is 202 Å². The Morgan fingerprint density at radius 3 is 1.21 bits per heavy atom. The Balaban J connectivity index is 0.000000157. The average molecular weight is 820 g/mol. The van der Waals surface area contributed by atoms with Gasteiger partial charge < -0.3 is 9.97 Å². The molecule has 8 aromatic rings. The number of benzene rings is 4. The predicted molar refractivity (Wildman–Crippen MR) is 241 cm³/mol. The normalized spacial score (nSPS) is 14.9. The van der Waals surface area contributed by atoms with E-state index in [9.17, 15) is 0 Å². The molecule has 57 heavy (non-hydrogen) atoms. The molecule has 4 nitrogen and oxygen atoms in total. The largest absolute Gasteiger partial charge is 0.656 e. The third kappa shape index (κ3) is 8.77. The van der Waals surface area contributed by atoms with Crippen LogP contribution >= 0.6 is 22.7 Å². The molecule has 0 fully saturated rings. The summed E-state index contributed by atoms with van der Waals surface area (Å²) in [5.74, 6) is 0. The topological polar surface area (TPSA) is 52.9 Å². The Morgan fingerprint density at radius 2 is 0.807 bits per heavy atom. The van der Waals surface area contributed by atoms with Gasteiger partial charge in [-0.1, -0.05) is 133 Å². The molecular weight excluding hydrogens is 786 g/mol. The molecule has 7 heteroatoms. The second-order valence-corrected chi connectivity index (χ2v) is 15.0. The molecule has 0 saturated carbocycles. The number of fused-ring (bicyclic) bond motifs is 2. The molecule has 0 bridgehead atoms. The third-order valence-corrected chi connectivity index (χ3v) is 11.0. The van der Waals surface area contributed by atoms with Crippen LogP contribution in [0, 0.1) is 0 Å².